The molecular weight excluding hydrogens is 370 g/mol. The molecule has 1 aliphatic rings. The number of nitrogens with one attached hydrogen (secondary N) is 2. The average molecular weight is 400 g/mol. The van der Waals surface area contributed by atoms with Gasteiger partial charge >= 0.3 is 0 Å². The van der Waals surface area contributed by atoms with Crippen molar-refractivity contribution in [2.45, 2.75) is 66.2 Å². The highest BCUT2D eigenvalue weighted by molar-refractivity contribution is 7.17. The highest BCUT2D eigenvalue weighted by Gasteiger charge is 2.20. The van der Waals surface area contributed by atoms with E-state index in [1.807, 2.05) is 20.8 Å². The lowest BCUT2D eigenvalue weighted by Gasteiger charge is -2.20. The predicted octanol–water partition coefficient (Wildman–Crippen LogP) is 5.54. The van der Waals surface area contributed by atoms with Crippen molar-refractivity contribution in [1.29, 1.82) is 0 Å². The summed E-state index contributed by atoms with van der Waals surface area (Å²) in [6.07, 6.45) is 6.53. The maximum Gasteiger partial charge on any atom is 0.267 e. The van der Waals surface area contributed by atoms with Gasteiger partial charge in [0.15, 0.2) is 5.13 Å². The van der Waals surface area contributed by atoms with Crippen molar-refractivity contribution >= 4 is 34.0 Å². The summed E-state index contributed by atoms with van der Waals surface area (Å²) in [4.78, 5) is 30.1. The van der Waals surface area contributed by atoms with Crippen LogP contribution in [0.1, 0.15) is 70.6 Å². The first kappa shape index (κ1) is 20.5. The number of thiazole rings is 1. The first-order chi connectivity index (χ1) is 13.3. The molecule has 1 heterocycles. The maximum absolute atomic E-state index is 12.8. The molecule has 28 heavy (non-hydrogen) atoms. The van der Waals surface area contributed by atoms with Gasteiger partial charge in [-0.2, -0.15) is 0 Å². The van der Waals surface area contributed by atoms with Gasteiger partial charge in [0.05, 0.1) is 5.69 Å². The fourth-order valence-corrected chi connectivity index (χ4v) is 4.91. The number of carbonyl (C=O) groups excluding carboxylic acids is 2. The van der Waals surface area contributed by atoms with Crippen molar-refractivity contribution in [1.82, 2.24) is 4.98 Å². The van der Waals surface area contributed by atoms with Crippen LogP contribution in [0.3, 0.4) is 0 Å². The Morgan fingerprint density at radius 2 is 1.68 bits per heavy atom. The van der Waals surface area contributed by atoms with Crippen LogP contribution in [0.15, 0.2) is 12.1 Å². The lowest BCUT2D eigenvalue weighted by atomic mass is 9.87. The summed E-state index contributed by atoms with van der Waals surface area (Å²) < 4.78 is 0. The van der Waals surface area contributed by atoms with E-state index in [9.17, 15) is 9.59 Å². The minimum absolute atomic E-state index is 0.00201. The highest BCUT2D eigenvalue weighted by atomic mass is 32.1. The second-order valence-corrected chi connectivity index (χ2v) is 8.92. The largest absolute Gasteiger partial charge is 0.321 e. The summed E-state index contributed by atoms with van der Waals surface area (Å²) in [6, 6.07) is 4.11. The van der Waals surface area contributed by atoms with E-state index in [4.69, 9.17) is 0 Å². The van der Waals surface area contributed by atoms with E-state index in [0.717, 1.165) is 29.7 Å². The van der Waals surface area contributed by atoms with Gasteiger partial charge in [-0.15, -0.1) is 0 Å². The van der Waals surface area contributed by atoms with Gasteiger partial charge in [0, 0.05) is 12.1 Å². The number of hydrogen-bond acceptors (Lipinski definition) is 4. The zero-order valence-electron chi connectivity index (χ0n) is 17.1. The number of carbonyl (C=O) groups is 2. The van der Waals surface area contributed by atoms with Crippen molar-refractivity contribution in [3.63, 3.8) is 0 Å². The standard InChI is InChI=1S/C22H29N3O2S/c1-13-10-14(2)19(15(3)11-13)25-21(27)20-16(4)23-22(28-20)24-18(26)12-17-8-6-5-7-9-17/h10-11,17H,5-9,12H2,1-4H3,(H,25,27)(H,23,24,26). The van der Waals surface area contributed by atoms with Gasteiger partial charge in [-0.25, -0.2) is 4.98 Å². The Hall–Kier alpha value is -2.21. The van der Waals surface area contributed by atoms with Gasteiger partial charge < -0.3 is 10.6 Å². The number of rotatable bonds is 5. The van der Waals surface area contributed by atoms with Crippen LogP contribution >= 0.6 is 11.3 Å². The second kappa shape index (κ2) is 8.86. The fraction of sp³-hybridized carbons (Fsp3) is 0.500. The quantitative estimate of drug-likeness (QED) is 0.693. The second-order valence-electron chi connectivity index (χ2n) is 7.92. The first-order valence-corrected chi connectivity index (χ1v) is 10.8. The van der Waals surface area contributed by atoms with E-state index in [1.54, 1.807) is 6.92 Å². The van der Waals surface area contributed by atoms with Gasteiger partial charge in [0.25, 0.3) is 5.91 Å². The van der Waals surface area contributed by atoms with Crippen LogP contribution in [0.5, 0.6) is 0 Å². The summed E-state index contributed by atoms with van der Waals surface area (Å²) in [5.74, 6) is 0.292. The average Bonchev–Trinajstić information content (AvgIpc) is 2.99. The number of hydrogen-bond donors (Lipinski definition) is 2. The molecule has 2 amide bonds. The zero-order chi connectivity index (χ0) is 20.3. The van der Waals surface area contributed by atoms with Crippen LogP contribution in [-0.2, 0) is 4.79 Å². The van der Waals surface area contributed by atoms with Crippen molar-refractivity contribution < 1.29 is 9.59 Å². The maximum atomic E-state index is 12.8. The third kappa shape index (κ3) is 4.98. The lowest BCUT2D eigenvalue weighted by Crippen LogP contribution is -2.18. The van der Waals surface area contributed by atoms with Gasteiger partial charge in [-0.3, -0.25) is 9.59 Å². The molecule has 1 aliphatic carbocycles. The molecule has 0 radical (unpaired) electrons. The zero-order valence-corrected chi connectivity index (χ0v) is 18.0. The van der Waals surface area contributed by atoms with Crippen molar-refractivity contribution in [2.75, 3.05) is 10.6 Å². The van der Waals surface area contributed by atoms with Gasteiger partial charge in [-0.05, 0) is 57.6 Å². The minimum atomic E-state index is -0.183. The van der Waals surface area contributed by atoms with Crippen LogP contribution in [0.25, 0.3) is 0 Å². The first-order valence-electron chi connectivity index (χ1n) is 10.00. The number of aromatic nitrogens is 1. The Balaban J connectivity index is 1.66. The van der Waals surface area contributed by atoms with E-state index in [-0.39, 0.29) is 11.8 Å². The number of anilines is 2. The normalized spacial score (nSPS) is 14.7. The number of aryl methyl sites for hydroxylation is 4. The highest BCUT2D eigenvalue weighted by Crippen LogP contribution is 2.29. The molecule has 0 bridgehead atoms. The van der Waals surface area contributed by atoms with Crippen molar-refractivity contribution in [3.05, 3.63) is 39.4 Å². The number of benzene rings is 1. The van der Waals surface area contributed by atoms with Gasteiger partial charge in [0.2, 0.25) is 5.91 Å². The molecule has 150 valence electrons. The molecule has 6 heteroatoms. The monoisotopic (exact) mass is 399 g/mol. The van der Waals surface area contributed by atoms with E-state index in [2.05, 4.69) is 27.8 Å². The molecule has 0 spiro atoms. The SMILES string of the molecule is Cc1cc(C)c(NC(=O)c2sc(NC(=O)CC3CCCCC3)nc2C)c(C)c1. The Morgan fingerprint density at radius 3 is 2.32 bits per heavy atom. The van der Waals surface area contributed by atoms with E-state index in [1.165, 1.54) is 36.2 Å². The molecule has 2 N–H and O–H groups in total. The molecule has 1 saturated carbocycles. The van der Waals surface area contributed by atoms with Crippen LogP contribution in [0, 0.1) is 33.6 Å². The Bertz CT molecular complexity index is 859. The van der Waals surface area contributed by atoms with Crippen molar-refractivity contribution in [3.8, 4) is 0 Å². The summed E-state index contributed by atoms with van der Waals surface area (Å²) in [5, 5.41) is 6.40. The molecule has 0 atom stereocenters. The Morgan fingerprint density at radius 1 is 1.04 bits per heavy atom. The van der Waals surface area contributed by atoms with Crippen LogP contribution in [0.4, 0.5) is 10.8 Å². The van der Waals surface area contributed by atoms with E-state index < -0.39 is 0 Å². The predicted molar refractivity (Wildman–Crippen MR) is 115 cm³/mol. The number of nitrogens with zero attached hydrogens (tertiary/aromatic N) is 1. The van der Waals surface area contributed by atoms with E-state index in [0.29, 0.717) is 28.0 Å². The third-order valence-electron chi connectivity index (χ3n) is 5.36. The molecule has 1 aromatic carbocycles. The molecule has 0 saturated heterocycles. The third-order valence-corrected chi connectivity index (χ3v) is 6.44. The van der Waals surface area contributed by atoms with Crippen LogP contribution in [-0.4, -0.2) is 16.8 Å². The van der Waals surface area contributed by atoms with E-state index >= 15 is 0 Å². The lowest BCUT2D eigenvalue weighted by molar-refractivity contribution is -0.117. The smallest absolute Gasteiger partial charge is 0.267 e. The molecular formula is C22H29N3O2S. The van der Waals surface area contributed by atoms with Gasteiger partial charge in [0.1, 0.15) is 4.88 Å². The molecule has 1 fully saturated rings. The van der Waals surface area contributed by atoms with Crippen LogP contribution < -0.4 is 10.6 Å². The number of amides is 2. The molecule has 0 unspecified atom stereocenters. The molecule has 2 aromatic rings. The molecule has 0 aliphatic heterocycles. The van der Waals surface area contributed by atoms with Gasteiger partial charge in [-0.1, -0.05) is 48.3 Å². The molecule has 1 aromatic heterocycles. The molecule has 5 nitrogen and oxygen atoms in total. The summed E-state index contributed by atoms with van der Waals surface area (Å²) in [6.45, 7) is 7.83. The Kier molecular flexibility index (Phi) is 6.50. The topological polar surface area (TPSA) is 71.1 Å². The molecule has 3 rings (SSSR count). The van der Waals surface area contributed by atoms with Crippen molar-refractivity contribution in [2.24, 2.45) is 5.92 Å². The summed E-state index contributed by atoms with van der Waals surface area (Å²) in [5.41, 5.74) is 4.72. The summed E-state index contributed by atoms with van der Waals surface area (Å²) >= 11 is 1.24. The summed E-state index contributed by atoms with van der Waals surface area (Å²) in [7, 11) is 0. The fourth-order valence-electron chi connectivity index (χ4n) is 4.03. The Labute approximate surface area is 171 Å². The minimum Gasteiger partial charge on any atom is -0.321 e. The van der Waals surface area contributed by atoms with Crippen LogP contribution in [0.2, 0.25) is 0 Å².